The van der Waals surface area contributed by atoms with Gasteiger partial charge in [0.15, 0.2) is 5.54 Å². The number of nitrogens with zero attached hydrogens (tertiary/aromatic N) is 1. The average molecular weight is 322 g/mol. The lowest BCUT2D eigenvalue weighted by molar-refractivity contribution is -0.143. The highest BCUT2D eigenvalue weighted by molar-refractivity contribution is 6.10. The van der Waals surface area contributed by atoms with Gasteiger partial charge in [-0.1, -0.05) is 36.4 Å². The summed E-state index contributed by atoms with van der Waals surface area (Å²) in [5.41, 5.74) is 1.69. The zero-order chi connectivity index (χ0) is 16.7. The second-order valence-corrected chi connectivity index (χ2v) is 6.28. The molecule has 0 radical (unpaired) electrons. The van der Waals surface area contributed by atoms with E-state index in [1.807, 2.05) is 54.6 Å². The number of rotatable bonds is 2. The van der Waals surface area contributed by atoms with E-state index in [1.54, 1.807) is 4.90 Å². The number of amides is 2. The lowest BCUT2D eigenvalue weighted by Crippen LogP contribution is -2.53. The van der Waals surface area contributed by atoms with E-state index in [0.717, 1.165) is 17.7 Å². The van der Waals surface area contributed by atoms with Gasteiger partial charge in [-0.15, -0.1) is 0 Å². The van der Waals surface area contributed by atoms with Gasteiger partial charge in [0.05, 0.1) is 7.11 Å². The Bertz CT molecular complexity index is 805. The average Bonchev–Trinajstić information content (AvgIpc) is 3.34. The molecule has 1 aliphatic carbocycles. The van der Waals surface area contributed by atoms with Gasteiger partial charge in [-0.3, -0.25) is 4.90 Å². The number of hydrogen-bond acceptors (Lipinski definition) is 3. The molecular weight excluding hydrogens is 304 g/mol. The Kier molecular flexibility index (Phi) is 3.30. The number of esters is 1. The number of ether oxygens (including phenoxy) is 1. The van der Waals surface area contributed by atoms with E-state index in [2.05, 4.69) is 5.32 Å². The Morgan fingerprint density at radius 1 is 1.12 bits per heavy atom. The summed E-state index contributed by atoms with van der Waals surface area (Å²) in [6, 6.07) is 16.7. The predicted molar refractivity (Wildman–Crippen MR) is 90.9 cm³/mol. The highest BCUT2D eigenvalue weighted by Gasteiger charge is 2.68. The topological polar surface area (TPSA) is 58.6 Å². The van der Waals surface area contributed by atoms with E-state index in [9.17, 15) is 9.59 Å². The molecular formula is C19H18N2O3. The largest absolute Gasteiger partial charge is 0.467 e. The molecule has 2 unspecified atom stereocenters. The molecule has 0 saturated heterocycles. The number of nitrogens with one attached hydrogen (secondary N) is 1. The standard InChI is InChI=1S/C19H18N2O3/c1-24-17(22)19-12-14(19)11-13-7-5-6-10-16(13)21(19)18(23)20-15-8-3-2-4-9-15/h2-10,14H,11-12H2,1H3,(H,20,23). The highest BCUT2D eigenvalue weighted by atomic mass is 16.5. The number of urea groups is 1. The minimum absolute atomic E-state index is 0.112. The molecule has 0 bridgehead atoms. The molecule has 5 heteroatoms. The zero-order valence-corrected chi connectivity index (χ0v) is 13.4. The number of carbonyl (C=O) groups is 2. The molecule has 122 valence electrons. The fraction of sp³-hybridized carbons (Fsp3) is 0.263. The molecule has 2 aliphatic rings. The Hall–Kier alpha value is -2.82. The number of benzene rings is 2. The first-order valence-electron chi connectivity index (χ1n) is 7.99. The van der Waals surface area contributed by atoms with Crippen molar-refractivity contribution in [3.63, 3.8) is 0 Å². The lowest BCUT2D eigenvalue weighted by Gasteiger charge is -2.36. The number of anilines is 2. The summed E-state index contributed by atoms with van der Waals surface area (Å²) in [5, 5.41) is 2.89. The molecule has 1 saturated carbocycles. The van der Waals surface area contributed by atoms with Crippen LogP contribution in [0.4, 0.5) is 16.2 Å². The van der Waals surface area contributed by atoms with Crippen molar-refractivity contribution in [1.82, 2.24) is 0 Å². The summed E-state index contributed by atoms with van der Waals surface area (Å²) >= 11 is 0. The number of para-hydroxylation sites is 2. The first kappa shape index (κ1) is 14.8. The molecule has 1 N–H and O–H groups in total. The Balaban J connectivity index is 1.74. The van der Waals surface area contributed by atoms with Crippen LogP contribution in [-0.2, 0) is 16.0 Å². The second-order valence-electron chi connectivity index (χ2n) is 6.28. The van der Waals surface area contributed by atoms with Gasteiger partial charge in [0, 0.05) is 17.3 Å². The molecule has 1 aliphatic heterocycles. The lowest BCUT2D eigenvalue weighted by atomic mass is 9.96. The molecule has 4 rings (SSSR count). The first-order chi connectivity index (χ1) is 11.7. The monoisotopic (exact) mass is 322 g/mol. The smallest absolute Gasteiger partial charge is 0.332 e. The molecule has 2 aromatic rings. The fourth-order valence-corrected chi connectivity index (χ4v) is 3.72. The van der Waals surface area contributed by atoms with Crippen molar-refractivity contribution in [2.75, 3.05) is 17.3 Å². The van der Waals surface area contributed by atoms with Crippen LogP contribution in [0.25, 0.3) is 0 Å². The van der Waals surface area contributed by atoms with Crippen molar-refractivity contribution >= 4 is 23.4 Å². The van der Waals surface area contributed by atoms with Gasteiger partial charge in [0.1, 0.15) is 0 Å². The molecule has 2 amide bonds. The van der Waals surface area contributed by atoms with Gasteiger partial charge in [0.2, 0.25) is 0 Å². The van der Waals surface area contributed by atoms with Crippen LogP contribution in [0, 0.1) is 5.92 Å². The molecule has 24 heavy (non-hydrogen) atoms. The molecule has 0 spiro atoms. The third-order valence-electron chi connectivity index (χ3n) is 4.94. The molecule has 5 nitrogen and oxygen atoms in total. The van der Waals surface area contributed by atoms with Gasteiger partial charge < -0.3 is 10.1 Å². The summed E-state index contributed by atoms with van der Waals surface area (Å²) in [5.74, 6) is -0.230. The van der Waals surface area contributed by atoms with Gasteiger partial charge in [-0.25, -0.2) is 9.59 Å². The van der Waals surface area contributed by atoms with E-state index in [-0.39, 0.29) is 17.9 Å². The SMILES string of the molecule is COC(=O)C12CC1Cc1ccccc1N2C(=O)Nc1ccccc1. The summed E-state index contributed by atoms with van der Waals surface area (Å²) < 4.78 is 5.02. The van der Waals surface area contributed by atoms with Crippen LogP contribution in [-0.4, -0.2) is 24.6 Å². The maximum absolute atomic E-state index is 13.0. The van der Waals surface area contributed by atoms with Crippen LogP contribution in [0.1, 0.15) is 12.0 Å². The Morgan fingerprint density at radius 2 is 1.83 bits per heavy atom. The van der Waals surface area contributed by atoms with E-state index in [0.29, 0.717) is 12.1 Å². The summed E-state index contributed by atoms with van der Waals surface area (Å²) in [6.07, 6.45) is 1.43. The number of hydrogen-bond donors (Lipinski definition) is 1. The van der Waals surface area contributed by atoms with Crippen molar-refractivity contribution < 1.29 is 14.3 Å². The minimum Gasteiger partial charge on any atom is -0.467 e. The van der Waals surface area contributed by atoms with E-state index in [4.69, 9.17) is 4.74 Å². The van der Waals surface area contributed by atoms with Crippen LogP contribution < -0.4 is 10.2 Å². The van der Waals surface area contributed by atoms with Gasteiger partial charge >= 0.3 is 12.0 Å². The van der Waals surface area contributed by atoms with E-state index >= 15 is 0 Å². The molecule has 2 atom stereocenters. The molecule has 1 heterocycles. The first-order valence-corrected chi connectivity index (χ1v) is 7.99. The van der Waals surface area contributed by atoms with E-state index in [1.165, 1.54) is 7.11 Å². The quantitative estimate of drug-likeness (QED) is 0.864. The normalized spacial score (nSPS) is 23.7. The van der Waals surface area contributed by atoms with Gasteiger partial charge in [-0.05, 0) is 36.6 Å². The number of fused-ring (bicyclic) bond motifs is 2. The summed E-state index contributed by atoms with van der Waals surface area (Å²) in [7, 11) is 1.38. The second kappa shape index (κ2) is 5.37. The molecule has 1 fully saturated rings. The van der Waals surface area contributed by atoms with Crippen LogP contribution in [0.2, 0.25) is 0 Å². The van der Waals surface area contributed by atoms with Crippen LogP contribution in [0.5, 0.6) is 0 Å². The Labute approximate surface area is 140 Å². The fourth-order valence-electron chi connectivity index (χ4n) is 3.72. The maximum Gasteiger partial charge on any atom is 0.332 e. The predicted octanol–water partition coefficient (Wildman–Crippen LogP) is 3.21. The minimum atomic E-state index is -0.873. The highest BCUT2D eigenvalue weighted by Crippen LogP contribution is 2.57. The number of carbonyl (C=O) groups excluding carboxylic acids is 2. The van der Waals surface area contributed by atoms with Crippen molar-refractivity contribution in [2.24, 2.45) is 5.92 Å². The summed E-state index contributed by atoms with van der Waals surface area (Å²) in [4.78, 5) is 27.1. The third kappa shape index (κ3) is 2.08. The third-order valence-corrected chi connectivity index (χ3v) is 4.94. The van der Waals surface area contributed by atoms with Crippen LogP contribution in [0.15, 0.2) is 54.6 Å². The maximum atomic E-state index is 13.0. The summed E-state index contributed by atoms with van der Waals surface area (Å²) in [6.45, 7) is 0. The molecule has 0 aromatic heterocycles. The van der Waals surface area contributed by atoms with Crippen molar-refractivity contribution in [3.05, 3.63) is 60.2 Å². The van der Waals surface area contributed by atoms with E-state index < -0.39 is 5.54 Å². The van der Waals surface area contributed by atoms with Gasteiger partial charge in [0.25, 0.3) is 0 Å². The number of methoxy groups -OCH3 is 1. The molecule has 2 aromatic carbocycles. The van der Waals surface area contributed by atoms with Crippen molar-refractivity contribution in [2.45, 2.75) is 18.4 Å². The van der Waals surface area contributed by atoms with Crippen LogP contribution >= 0.6 is 0 Å². The van der Waals surface area contributed by atoms with Crippen LogP contribution in [0.3, 0.4) is 0 Å². The zero-order valence-electron chi connectivity index (χ0n) is 13.4. The Morgan fingerprint density at radius 3 is 2.58 bits per heavy atom. The van der Waals surface area contributed by atoms with Gasteiger partial charge in [-0.2, -0.15) is 0 Å². The van der Waals surface area contributed by atoms with Crippen molar-refractivity contribution in [1.29, 1.82) is 0 Å². The van der Waals surface area contributed by atoms with Crippen molar-refractivity contribution in [3.8, 4) is 0 Å².